The van der Waals surface area contributed by atoms with Crippen LogP contribution in [0, 0.1) is 6.92 Å². The fraction of sp³-hybridized carbons (Fsp3) is 0.308. The highest BCUT2D eigenvalue weighted by molar-refractivity contribution is 5.49. The standard InChI is InChI=1S/C13H12F4N4O/c1-7-10(11(21-18-7)13(16,17)12(14)15)20-19-8-3-5-9(22-2)6-4-8/h3-6,12H,1-2H3,(H,18,21). The molecule has 0 atom stereocenters. The van der Waals surface area contributed by atoms with Crippen LogP contribution in [0.2, 0.25) is 0 Å². The van der Waals surface area contributed by atoms with Gasteiger partial charge in [0, 0.05) is 0 Å². The summed E-state index contributed by atoms with van der Waals surface area (Å²) < 4.78 is 56.7. The molecule has 0 unspecified atom stereocenters. The fourth-order valence-corrected chi connectivity index (χ4v) is 1.64. The third kappa shape index (κ3) is 3.07. The minimum absolute atomic E-state index is 0.118. The molecule has 1 N–H and O–H groups in total. The molecule has 0 fully saturated rings. The second kappa shape index (κ2) is 6.12. The van der Waals surface area contributed by atoms with Crippen LogP contribution in [0.5, 0.6) is 5.75 Å². The molecule has 0 saturated heterocycles. The first kappa shape index (κ1) is 15.9. The predicted octanol–water partition coefficient (Wildman–Crippen LogP) is 4.50. The number of hydrogen-bond donors (Lipinski definition) is 1. The van der Waals surface area contributed by atoms with E-state index in [4.69, 9.17) is 4.74 Å². The number of alkyl halides is 4. The van der Waals surface area contributed by atoms with Crippen LogP contribution in [0.4, 0.5) is 28.9 Å². The molecule has 5 nitrogen and oxygen atoms in total. The number of benzene rings is 1. The Kier molecular flexibility index (Phi) is 4.43. The second-order valence-electron chi connectivity index (χ2n) is 4.37. The average molecular weight is 316 g/mol. The molecule has 0 amide bonds. The van der Waals surface area contributed by atoms with Crippen LogP contribution in [-0.4, -0.2) is 23.7 Å². The maximum atomic E-state index is 13.4. The molecule has 2 rings (SSSR count). The molecule has 0 aliphatic carbocycles. The molecule has 1 heterocycles. The summed E-state index contributed by atoms with van der Waals surface area (Å²) in [5.74, 6) is -3.82. The lowest BCUT2D eigenvalue weighted by molar-refractivity contribution is -0.137. The molecule has 0 saturated carbocycles. The van der Waals surface area contributed by atoms with Crippen LogP contribution >= 0.6 is 0 Å². The van der Waals surface area contributed by atoms with Gasteiger partial charge < -0.3 is 4.74 Å². The Morgan fingerprint density at radius 1 is 1.18 bits per heavy atom. The van der Waals surface area contributed by atoms with E-state index < -0.39 is 23.7 Å². The number of aromatic amines is 1. The number of methoxy groups -OCH3 is 1. The van der Waals surface area contributed by atoms with E-state index in [2.05, 4.69) is 20.4 Å². The highest BCUT2D eigenvalue weighted by Crippen LogP contribution is 2.40. The van der Waals surface area contributed by atoms with Gasteiger partial charge in [-0.15, -0.1) is 5.11 Å². The van der Waals surface area contributed by atoms with Crippen molar-refractivity contribution in [1.82, 2.24) is 10.2 Å². The molecule has 0 aliphatic heterocycles. The zero-order chi connectivity index (χ0) is 16.3. The molecule has 1 aromatic carbocycles. The molecule has 22 heavy (non-hydrogen) atoms. The number of aromatic nitrogens is 2. The van der Waals surface area contributed by atoms with Crippen LogP contribution in [0.25, 0.3) is 0 Å². The first-order chi connectivity index (χ1) is 10.4. The van der Waals surface area contributed by atoms with Crippen molar-refractivity contribution >= 4 is 11.4 Å². The first-order valence-corrected chi connectivity index (χ1v) is 6.13. The van der Waals surface area contributed by atoms with Crippen LogP contribution in [0.1, 0.15) is 11.4 Å². The van der Waals surface area contributed by atoms with Crippen molar-refractivity contribution in [2.24, 2.45) is 10.2 Å². The monoisotopic (exact) mass is 316 g/mol. The Hall–Kier alpha value is -2.45. The number of nitrogens with zero attached hydrogens (tertiary/aromatic N) is 3. The lowest BCUT2D eigenvalue weighted by Gasteiger charge is -2.12. The van der Waals surface area contributed by atoms with E-state index in [-0.39, 0.29) is 5.69 Å². The Bertz CT molecular complexity index is 667. The van der Waals surface area contributed by atoms with E-state index >= 15 is 0 Å². The summed E-state index contributed by atoms with van der Waals surface area (Å²) in [5.41, 5.74) is -1.06. The predicted molar refractivity (Wildman–Crippen MR) is 70.4 cm³/mol. The van der Waals surface area contributed by atoms with Crippen molar-refractivity contribution in [3.05, 3.63) is 35.7 Å². The van der Waals surface area contributed by atoms with Gasteiger partial charge in [-0.1, -0.05) is 0 Å². The second-order valence-corrected chi connectivity index (χ2v) is 4.37. The Morgan fingerprint density at radius 2 is 1.82 bits per heavy atom. The van der Waals surface area contributed by atoms with Gasteiger partial charge >= 0.3 is 12.3 Å². The molecule has 2 aromatic rings. The summed E-state index contributed by atoms with van der Waals surface area (Å²) in [6, 6.07) is 6.29. The number of nitrogens with one attached hydrogen (secondary N) is 1. The summed E-state index contributed by atoms with van der Waals surface area (Å²) in [4.78, 5) is 0. The third-order valence-electron chi connectivity index (χ3n) is 2.84. The average Bonchev–Trinajstić information content (AvgIpc) is 2.87. The number of H-pyrrole nitrogens is 1. The summed E-state index contributed by atoms with van der Waals surface area (Å²) in [7, 11) is 1.49. The normalized spacial score (nSPS) is 12.3. The van der Waals surface area contributed by atoms with Crippen molar-refractivity contribution in [3.8, 4) is 5.75 Å². The summed E-state index contributed by atoms with van der Waals surface area (Å²) in [6.45, 7) is 1.39. The van der Waals surface area contributed by atoms with Crippen LogP contribution in [0.3, 0.4) is 0 Å². The maximum Gasteiger partial charge on any atom is 0.352 e. The van der Waals surface area contributed by atoms with E-state index in [1.54, 1.807) is 24.3 Å². The van der Waals surface area contributed by atoms with Crippen molar-refractivity contribution in [3.63, 3.8) is 0 Å². The Labute approximate surface area is 123 Å². The minimum atomic E-state index is -4.40. The Morgan fingerprint density at radius 3 is 2.36 bits per heavy atom. The van der Waals surface area contributed by atoms with Crippen LogP contribution in [0.15, 0.2) is 34.5 Å². The van der Waals surface area contributed by atoms with Gasteiger partial charge in [-0.2, -0.15) is 19.0 Å². The quantitative estimate of drug-likeness (QED) is 0.652. The van der Waals surface area contributed by atoms with Gasteiger partial charge in [-0.25, -0.2) is 8.78 Å². The molecule has 9 heteroatoms. The summed E-state index contributed by atoms with van der Waals surface area (Å²) in [5, 5.41) is 12.8. The van der Waals surface area contributed by atoms with Gasteiger partial charge in [0.15, 0.2) is 5.69 Å². The summed E-state index contributed by atoms with van der Waals surface area (Å²) in [6.07, 6.45) is -3.88. The lowest BCUT2D eigenvalue weighted by Crippen LogP contribution is -2.24. The molecular formula is C13H12F4N4O. The molecule has 118 valence electrons. The van der Waals surface area contributed by atoms with E-state index in [9.17, 15) is 17.6 Å². The zero-order valence-electron chi connectivity index (χ0n) is 11.6. The third-order valence-corrected chi connectivity index (χ3v) is 2.84. The maximum absolute atomic E-state index is 13.4. The highest BCUT2D eigenvalue weighted by atomic mass is 19.3. The zero-order valence-corrected chi connectivity index (χ0v) is 11.6. The lowest BCUT2D eigenvalue weighted by atomic mass is 10.2. The number of azo groups is 1. The van der Waals surface area contributed by atoms with Crippen LogP contribution < -0.4 is 4.74 Å². The molecule has 1 aromatic heterocycles. The minimum Gasteiger partial charge on any atom is -0.497 e. The number of hydrogen-bond acceptors (Lipinski definition) is 4. The van der Waals surface area contributed by atoms with Gasteiger partial charge in [0.05, 0.1) is 18.5 Å². The van der Waals surface area contributed by atoms with E-state index in [1.807, 2.05) is 0 Å². The van der Waals surface area contributed by atoms with E-state index in [0.717, 1.165) is 0 Å². The van der Waals surface area contributed by atoms with Crippen molar-refractivity contribution in [1.29, 1.82) is 0 Å². The number of rotatable bonds is 5. The molecular weight excluding hydrogens is 304 g/mol. The molecule has 0 radical (unpaired) electrons. The van der Waals surface area contributed by atoms with Gasteiger partial charge in [0.2, 0.25) is 0 Å². The number of aryl methyl sites for hydroxylation is 1. The van der Waals surface area contributed by atoms with Gasteiger partial charge in [0.1, 0.15) is 11.4 Å². The molecule has 0 bridgehead atoms. The molecule has 0 aliphatic rings. The first-order valence-electron chi connectivity index (χ1n) is 6.13. The van der Waals surface area contributed by atoms with Gasteiger partial charge in [-0.3, -0.25) is 5.10 Å². The smallest absolute Gasteiger partial charge is 0.352 e. The van der Waals surface area contributed by atoms with E-state index in [1.165, 1.54) is 14.0 Å². The summed E-state index contributed by atoms with van der Waals surface area (Å²) >= 11 is 0. The van der Waals surface area contributed by atoms with Crippen molar-refractivity contribution in [2.45, 2.75) is 19.3 Å². The van der Waals surface area contributed by atoms with Gasteiger partial charge in [-0.05, 0) is 31.2 Å². The Balaban J connectivity index is 2.33. The fourth-order valence-electron chi connectivity index (χ4n) is 1.64. The largest absolute Gasteiger partial charge is 0.497 e. The van der Waals surface area contributed by atoms with Crippen molar-refractivity contribution in [2.75, 3.05) is 7.11 Å². The highest BCUT2D eigenvalue weighted by Gasteiger charge is 2.47. The topological polar surface area (TPSA) is 62.6 Å². The SMILES string of the molecule is COc1ccc(N=Nc2c(C(F)(F)C(F)F)n[nH]c2C)cc1. The van der Waals surface area contributed by atoms with Gasteiger partial charge in [0.25, 0.3) is 0 Å². The van der Waals surface area contributed by atoms with E-state index in [0.29, 0.717) is 11.4 Å². The number of ether oxygens (including phenoxy) is 1. The molecule has 0 spiro atoms. The van der Waals surface area contributed by atoms with Crippen LogP contribution in [-0.2, 0) is 5.92 Å². The van der Waals surface area contributed by atoms with Crippen molar-refractivity contribution < 1.29 is 22.3 Å². The number of halogens is 4.